The van der Waals surface area contributed by atoms with Crippen molar-refractivity contribution in [2.75, 3.05) is 44.3 Å². The molecule has 0 atom stereocenters. The van der Waals surface area contributed by atoms with Crippen molar-refractivity contribution < 1.29 is 18.3 Å². The second-order valence-electron chi connectivity index (χ2n) is 6.52. The van der Waals surface area contributed by atoms with E-state index in [1.54, 1.807) is 6.08 Å². The zero-order chi connectivity index (χ0) is 20.2. The second-order valence-corrected chi connectivity index (χ2v) is 8.51. The number of carbonyl (C=O) groups is 1. The van der Waals surface area contributed by atoms with Crippen LogP contribution in [0.15, 0.2) is 35.7 Å². The Hall–Kier alpha value is -1.91. The van der Waals surface area contributed by atoms with E-state index >= 15 is 0 Å². The molecule has 10 heteroatoms. The second kappa shape index (κ2) is 10.4. The number of anilines is 1. The molecule has 0 N–H and O–H groups in total. The van der Waals surface area contributed by atoms with E-state index in [4.69, 9.17) is 4.74 Å². The number of rotatable bonds is 6. The molecule has 1 aromatic carbocycles. The van der Waals surface area contributed by atoms with E-state index < -0.39 is 11.6 Å². The number of halogens is 3. The van der Waals surface area contributed by atoms with Crippen molar-refractivity contribution in [3.8, 4) is 0 Å². The zero-order valence-corrected chi connectivity index (χ0v) is 18.4. The number of ether oxygens (including phenoxy) is 1. The Morgan fingerprint density at radius 3 is 2.83 bits per heavy atom. The lowest BCUT2D eigenvalue weighted by Crippen LogP contribution is -2.42. The molecule has 2 aromatic heterocycles. The van der Waals surface area contributed by atoms with Crippen molar-refractivity contribution in [1.82, 2.24) is 9.88 Å². The van der Waals surface area contributed by atoms with Crippen LogP contribution < -0.4 is 4.90 Å². The highest BCUT2D eigenvalue weighted by molar-refractivity contribution is 7.22. The smallest absolute Gasteiger partial charge is 0.252 e. The molecule has 1 amide bonds. The summed E-state index contributed by atoms with van der Waals surface area (Å²) >= 11 is 2.64. The molecule has 0 bridgehead atoms. The van der Waals surface area contributed by atoms with Crippen LogP contribution in [0.25, 0.3) is 16.3 Å². The number of thiophene rings is 1. The Labute approximate surface area is 187 Å². The predicted octanol–water partition coefficient (Wildman–Crippen LogP) is 4.44. The zero-order valence-electron chi connectivity index (χ0n) is 15.9. The summed E-state index contributed by atoms with van der Waals surface area (Å²) in [5.41, 5.74) is 0.0813. The van der Waals surface area contributed by atoms with E-state index in [0.717, 1.165) is 35.4 Å². The first-order valence-electron chi connectivity index (χ1n) is 9.19. The summed E-state index contributed by atoms with van der Waals surface area (Å²) < 4.78 is 33.4. The Bertz CT molecular complexity index is 1020. The molecular weight excluding hydrogens is 452 g/mol. The Morgan fingerprint density at radius 1 is 1.30 bits per heavy atom. The molecule has 30 heavy (non-hydrogen) atoms. The van der Waals surface area contributed by atoms with Gasteiger partial charge in [-0.3, -0.25) is 14.6 Å². The van der Waals surface area contributed by atoms with Crippen LogP contribution in [-0.2, 0) is 9.53 Å². The summed E-state index contributed by atoms with van der Waals surface area (Å²) in [4.78, 5) is 21.9. The van der Waals surface area contributed by atoms with Crippen molar-refractivity contribution in [3.63, 3.8) is 0 Å². The van der Waals surface area contributed by atoms with Gasteiger partial charge in [-0.1, -0.05) is 17.4 Å². The molecule has 1 aliphatic rings. The SMILES string of the molecule is Cl.O=C(/C=C/c1cccs1)N(CCN1CCOCC1)c1nc2c(F)cc(F)cc2s1. The first-order valence-corrected chi connectivity index (χ1v) is 10.9. The van der Waals surface area contributed by atoms with E-state index in [0.29, 0.717) is 36.1 Å². The number of nitrogens with zero attached hydrogens (tertiary/aromatic N) is 3. The Kier molecular flexibility index (Phi) is 7.90. The van der Waals surface area contributed by atoms with Gasteiger partial charge in [-0.05, 0) is 23.6 Å². The number of hydrogen-bond donors (Lipinski definition) is 0. The Morgan fingerprint density at radius 2 is 2.10 bits per heavy atom. The molecule has 0 radical (unpaired) electrons. The number of carbonyl (C=O) groups excluding carboxylic acids is 1. The summed E-state index contributed by atoms with van der Waals surface area (Å²) in [6.45, 7) is 3.97. The van der Waals surface area contributed by atoms with Crippen molar-refractivity contribution >= 4 is 62.4 Å². The third-order valence-electron chi connectivity index (χ3n) is 4.58. The minimum Gasteiger partial charge on any atom is -0.379 e. The predicted molar refractivity (Wildman–Crippen MR) is 120 cm³/mol. The third-order valence-corrected chi connectivity index (χ3v) is 6.44. The van der Waals surface area contributed by atoms with Crippen LogP contribution in [0.4, 0.5) is 13.9 Å². The van der Waals surface area contributed by atoms with Gasteiger partial charge in [0.15, 0.2) is 10.9 Å². The maximum atomic E-state index is 14.1. The summed E-state index contributed by atoms with van der Waals surface area (Å²) in [5, 5.41) is 2.30. The van der Waals surface area contributed by atoms with Crippen molar-refractivity contribution in [2.24, 2.45) is 0 Å². The highest BCUT2D eigenvalue weighted by Crippen LogP contribution is 2.31. The van der Waals surface area contributed by atoms with Crippen LogP contribution in [0.2, 0.25) is 0 Å². The molecule has 1 fully saturated rings. The number of morpholine rings is 1. The number of benzene rings is 1. The molecular formula is C20H20ClF2N3O2S2. The third kappa shape index (κ3) is 5.41. The fourth-order valence-electron chi connectivity index (χ4n) is 3.06. The fraction of sp³-hybridized carbons (Fsp3) is 0.300. The van der Waals surface area contributed by atoms with Crippen LogP contribution in [0.3, 0.4) is 0 Å². The normalized spacial score (nSPS) is 14.9. The summed E-state index contributed by atoms with van der Waals surface area (Å²) in [6.07, 6.45) is 3.25. The maximum Gasteiger partial charge on any atom is 0.252 e. The van der Waals surface area contributed by atoms with Gasteiger partial charge in [0, 0.05) is 43.2 Å². The summed E-state index contributed by atoms with van der Waals surface area (Å²) in [6, 6.07) is 5.88. The van der Waals surface area contributed by atoms with Gasteiger partial charge in [-0.2, -0.15) is 0 Å². The van der Waals surface area contributed by atoms with Gasteiger partial charge in [-0.25, -0.2) is 13.8 Å². The molecule has 4 rings (SSSR count). The highest BCUT2D eigenvalue weighted by Gasteiger charge is 2.21. The van der Waals surface area contributed by atoms with Crippen molar-refractivity contribution in [1.29, 1.82) is 0 Å². The monoisotopic (exact) mass is 471 g/mol. The minimum atomic E-state index is -0.725. The van der Waals surface area contributed by atoms with E-state index in [1.165, 1.54) is 28.4 Å². The standard InChI is InChI=1S/C20H19F2N3O2S2.ClH/c21-14-12-16(22)19-17(13-14)29-20(23-19)25(6-5-24-7-9-27-10-8-24)18(26)4-3-15-2-1-11-28-15;/h1-4,11-13H,5-10H2;1H/b4-3+;. The lowest BCUT2D eigenvalue weighted by Gasteiger charge is -2.28. The number of aromatic nitrogens is 1. The van der Waals surface area contributed by atoms with Gasteiger partial charge < -0.3 is 4.74 Å². The first-order chi connectivity index (χ1) is 14.1. The average Bonchev–Trinajstić information content (AvgIpc) is 3.37. The molecule has 5 nitrogen and oxygen atoms in total. The van der Waals surface area contributed by atoms with E-state index in [2.05, 4.69) is 9.88 Å². The molecule has 3 aromatic rings. The summed E-state index contributed by atoms with van der Waals surface area (Å²) in [7, 11) is 0. The molecule has 0 aliphatic carbocycles. The van der Waals surface area contributed by atoms with Gasteiger partial charge in [-0.15, -0.1) is 23.7 Å². The van der Waals surface area contributed by atoms with Crippen molar-refractivity contribution in [3.05, 3.63) is 52.2 Å². The molecule has 160 valence electrons. The fourth-order valence-corrected chi connectivity index (χ4v) is 4.71. The number of thiazole rings is 1. The Balaban J connectivity index is 0.00000256. The van der Waals surface area contributed by atoms with Crippen LogP contribution in [0, 0.1) is 11.6 Å². The van der Waals surface area contributed by atoms with Gasteiger partial charge in [0.25, 0.3) is 5.91 Å². The lowest BCUT2D eigenvalue weighted by atomic mass is 10.3. The number of fused-ring (bicyclic) bond motifs is 1. The number of hydrogen-bond acceptors (Lipinski definition) is 6. The van der Waals surface area contributed by atoms with Crippen molar-refractivity contribution in [2.45, 2.75) is 0 Å². The molecule has 0 saturated carbocycles. The highest BCUT2D eigenvalue weighted by atomic mass is 35.5. The molecule has 1 saturated heterocycles. The van der Waals surface area contributed by atoms with Gasteiger partial charge in [0.1, 0.15) is 11.3 Å². The average molecular weight is 472 g/mol. The quantitative estimate of drug-likeness (QED) is 0.499. The van der Waals surface area contributed by atoms with Gasteiger partial charge in [0.05, 0.1) is 17.9 Å². The molecule has 1 aliphatic heterocycles. The lowest BCUT2D eigenvalue weighted by molar-refractivity contribution is -0.114. The van der Waals surface area contributed by atoms with E-state index in [9.17, 15) is 13.6 Å². The number of amides is 1. The van der Waals surface area contributed by atoms with Crippen LogP contribution >= 0.6 is 35.1 Å². The summed E-state index contributed by atoms with van der Waals surface area (Å²) in [5.74, 6) is -1.63. The largest absolute Gasteiger partial charge is 0.379 e. The van der Waals surface area contributed by atoms with Crippen LogP contribution in [0.5, 0.6) is 0 Å². The first kappa shape index (κ1) is 22.8. The molecule has 3 heterocycles. The van der Waals surface area contributed by atoms with Gasteiger partial charge >= 0.3 is 0 Å². The van der Waals surface area contributed by atoms with Crippen LogP contribution in [-0.4, -0.2) is 55.2 Å². The molecule has 0 spiro atoms. The van der Waals surface area contributed by atoms with Crippen LogP contribution in [0.1, 0.15) is 4.88 Å². The van der Waals surface area contributed by atoms with Gasteiger partial charge in [0.2, 0.25) is 0 Å². The van der Waals surface area contributed by atoms with E-state index in [1.807, 2.05) is 17.5 Å². The topological polar surface area (TPSA) is 45.7 Å². The molecule has 0 unspecified atom stereocenters. The minimum absolute atomic E-state index is 0. The van der Waals surface area contributed by atoms with E-state index in [-0.39, 0.29) is 23.8 Å². The maximum absolute atomic E-state index is 14.1.